The topological polar surface area (TPSA) is 87.1 Å². The number of benzene rings is 1. The van der Waals surface area contributed by atoms with E-state index in [2.05, 4.69) is 15.3 Å². The summed E-state index contributed by atoms with van der Waals surface area (Å²) in [5.74, 6) is -1.04. The molecule has 0 aliphatic heterocycles. The molecule has 108 valence electrons. The first-order chi connectivity index (χ1) is 9.60. The third-order valence-corrected chi connectivity index (χ3v) is 2.61. The number of azide groups is 1. The van der Waals surface area contributed by atoms with E-state index in [1.165, 1.54) is 6.07 Å². The van der Waals surface area contributed by atoms with Crippen molar-refractivity contribution >= 4 is 5.97 Å². The van der Waals surface area contributed by atoms with Gasteiger partial charge in [-0.1, -0.05) is 22.8 Å². The van der Waals surface area contributed by atoms with Gasteiger partial charge in [0.05, 0.1) is 6.61 Å². The van der Waals surface area contributed by atoms with Gasteiger partial charge in [0.15, 0.2) is 0 Å². The van der Waals surface area contributed by atoms with Crippen LogP contribution < -0.4 is 5.32 Å². The first kappa shape index (κ1) is 15.9. The molecule has 0 fully saturated rings. The highest BCUT2D eigenvalue weighted by atomic mass is 19.1. The number of ether oxygens (including phenoxy) is 1. The van der Waals surface area contributed by atoms with Crippen LogP contribution in [0.4, 0.5) is 4.39 Å². The summed E-state index contributed by atoms with van der Waals surface area (Å²) in [7, 11) is 0. The maximum Gasteiger partial charge on any atom is 0.327 e. The van der Waals surface area contributed by atoms with Crippen LogP contribution in [-0.4, -0.2) is 25.7 Å². The van der Waals surface area contributed by atoms with Gasteiger partial charge in [-0.3, -0.25) is 0 Å². The Morgan fingerprint density at radius 1 is 1.60 bits per heavy atom. The highest BCUT2D eigenvalue weighted by molar-refractivity contribution is 5.77. The number of halogens is 1. The molecule has 0 saturated heterocycles. The Kier molecular flexibility index (Phi) is 6.49. The average Bonchev–Trinajstić information content (AvgIpc) is 2.42. The van der Waals surface area contributed by atoms with Crippen LogP contribution in [0, 0.1) is 12.7 Å². The molecule has 1 unspecified atom stereocenters. The normalized spacial score (nSPS) is 11.6. The summed E-state index contributed by atoms with van der Waals surface area (Å²) in [4.78, 5) is 14.5. The Labute approximate surface area is 116 Å². The number of nitrogens with one attached hydrogen (secondary N) is 1. The Morgan fingerprint density at radius 2 is 2.35 bits per heavy atom. The summed E-state index contributed by atoms with van der Waals surface area (Å²) in [5.41, 5.74) is 9.27. The average molecular weight is 280 g/mol. The van der Waals surface area contributed by atoms with Crippen LogP contribution in [0.5, 0.6) is 0 Å². The molecular formula is C13H17FN4O2. The van der Waals surface area contributed by atoms with Crippen molar-refractivity contribution in [2.75, 3.05) is 19.7 Å². The van der Waals surface area contributed by atoms with Crippen LogP contribution in [0.2, 0.25) is 0 Å². The lowest BCUT2D eigenvalue weighted by Gasteiger charge is -2.18. The molecule has 0 spiro atoms. The monoisotopic (exact) mass is 280 g/mol. The Morgan fingerprint density at radius 3 is 3.00 bits per heavy atom. The van der Waals surface area contributed by atoms with Gasteiger partial charge in [-0.2, -0.15) is 0 Å². The van der Waals surface area contributed by atoms with E-state index in [9.17, 15) is 9.18 Å². The molecule has 0 aromatic heterocycles. The van der Waals surface area contributed by atoms with Crippen LogP contribution in [0.25, 0.3) is 10.4 Å². The van der Waals surface area contributed by atoms with Crippen LogP contribution >= 0.6 is 0 Å². The molecule has 0 saturated carbocycles. The molecule has 1 aromatic rings. The van der Waals surface area contributed by atoms with Crippen molar-refractivity contribution in [2.24, 2.45) is 5.11 Å². The Hall–Kier alpha value is -2.11. The molecule has 0 amide bonds. The van der Waals surface area contributed by atoms with E-state index in [0.717, 1.165) is 5.56 Å². The zero-order chi connectivity index (χ0) is 15.0. The van der Waals surface area contributed by atoms with E-state index in [-0.39, 0.29) is 25.3 Å². The minimum Gasteiger partial charge on any atom is -0.465 e. The van der Waals surface area contributed by atoms with E-state index in [0.29, 0.717) is 0 Å². The number of carbonyl (C=O) groups excluding carboxylic acids is 1. The lowest BCUT2D eigenvalue weighted by molar-refractivity contribution is -0.145. The van der Waals surface area contributed by atoms with Gasteiger partial charge in [-0.25, -0.2) is 9.18 Å². The second-order valence-corrected chi connectivity index (χ2v) is 4.12. The third-order valence-electron chi connectivity index (χ3n) is 2.61. The molecule has 0 heterocycles. The predicted molar refractivity (Wildman–Crippen MR) is 72.5 cm³/mol. The van der Waals surface area contributed by atoms with Crippen molar-refractivity contribution in [1.82, 2.24) is 5.32 Å². The van der Waals surface area contributed by atoms with E-state index in [1.54, 1.807) is 19.1 Å². The highest BCUT2D eigenvalue weighted by Gasteiger charge is 2.24. The van der Waals surface area contributed by atoms with Crippen molar-refractivity contribution in [3.05, 3.63) is 45.6 Å². The number of hydrogen-bond donors (Lipinski definition) is 1. The van der Waals surface area contributed by atoms with Gasteiger partial charge in [0, 0.05) is 23.6 Å². The summed E-state index contributed by atoms with van der Waals surface area (Å²) in [6.45, 7) is 4.12. The molecule has 1 N–H and O–H groups in total. The second kappa shape index (κ2) is 8.14. The van der Waals surface area contributed by atoms with Gasteiger partial charge in [0.1, 0.15) is 11.9 Å². The van der Waals surface area contributed by atoms with E-state index in [4.69, 9.17) is 10.3 Å². The van der Waals surface area contributed by atoms with Crippen LogP contribution in [0.3, 0.4) is 0 Å². The van der Waals surface area contributed by atoms with Gasteiger partial charge in [0.2, 0.25) is 0 Å². The van der Waals surface area contributed by atoms with E-state index < -0.39 is 17.8 Å². The maximum absolute atomic E-state index is 13.9. The fraction of sp³-hybridized carbons (Fsp3) is 0.462. The largest absolute Gasteiger partial charge is 0.465 e. The lowest BCUT2D eigenvalue weighted by Crippen LogP contribution is -2.32. The SMILES string of the molecule is CCOC(=O)C(NCCN=[N+]=[N-])c1cc(C)ccc1F. The van der Waals surface area contributed by atoms with Crippen molar-refractivity contribution in [3.8, 4) is 0 Å². The molecular weight excluding hydrogens is 263 g/mol. The molecule has 1 atom stereocenters. The van der Waals surface area contributed by atoms with E-state index >= 15 is 0 Å². The summed E-state index contributed by atoms with van der Waals surface area (Å²) < 4.78 is 18.8. The number of nitrogens with zero attached hydrogens (tertiary/aromatic N) is 3. The second-order valence-electron chi connectivity index (χ2n) is 4.12. The first-order valence-electron chi connectivity index (χ1n) is 6.27. The predicted octanol–water partition coefficient (Wildman–Crippen LogP) is 2.64. The Balaban J connectivity index is 2.93. The summed E-state index contributed by atoms with van der Waals surface area (Å²) >= 11 is 0. The minimum absolute atomic E-state index is 0.167. The van der Waals surface area contributed by atoms with Crippen molar-refractivity contribution < 1.29 is 13.9 Å². The summed E-state index contributed by atoms with van der Waals surface area (Å²) in [6.07, 6.45) is 0. The molecule has 0 aliphatic carbocycles. The van der Waals surface area contributed by atoms with Crippen molar-refractivity contribution in [2.45, 2.75) is 19.9 Å². The number of rotatable bonds is 7. The van der Waals surface area contributed by atoms with Gasteiger partial charge in [-0.05, 0) is 25.4 Å². The van der Waals surface area contributed by atoms with Gasteiger partial charge in [0.25, 0.3) is 0 Å². The molecule has 20 heavy (non-hydrogen) atoms. The molecule has 0 aliphatic rings. The van der Waals surface area contributed by atoms with Gasteiger partial charge >= 0.3 is 5.97 Å². The minimum atomic E-state index is -0.913. The van der Waals surface area contributed by atoms with Crippen molar-refractivity contribution in [1.29, 1.82) is 0 Å². The third kappa shape index (κ3) is 4.53. The van der Waals surface area contributed by atoms with Crippen LogP contribution in [0.1, 0.15) is 24.1 Å². The molecule has 1 aromatic carbocycles. The zero-order valence-corrected chi connectivity index (χ0v) is 11.5. The fourth-order valence-corrected chi connectivity index (χ4v) is 1.73. The molecule has 0 bridgehead atoms. The lowest BCUT2D eigenvalue weighted by atomic mass is 10.0. The zero-order valence-electron chi connectivity index (χ0n) is 11.5. The highest BCUT2D eigenvalue weighted by Crippen LogP contribution is 2.20. The Bertz CT molecular complexity index is 515. The number of esters is 1. The summed E-state index contributed by atoms with van der Waals surface area (Å²) in [5, 5.41) is 6.20. The maximum atomic E-state index is 13.9. The number of carbonyl (C=O) groups is 1. The van der Waals surface area contributed by atoms with E-state index in [1.807, 2.05) is 6.92 Å². The first-order valence-corrected chi connectivity index (χ1v) is 6.27. The fourth-order valence-electron chi connectivity index (χ4n) is 1.73. The molecule has 7 heteroatoms. The van der Waals surface area contributed by atoms with Crippen molar-refractivity contribution in [3.63, 3.8) is 0 Å². The smallest absolute Gasteiger partial charge is 0.327 e. The quantitative estimate of drug-likeness (QED) is 0.274. The molecule has 1 rings (SSSR count). The number of aryl methyl sites for hydroxylation is 1. The molecule has 0 radical (unpaired) electrons. The van der Waals surface area contributed by atoms with Gasteiger partial charge < -0.3 is 10.1 Å². The number of hydrogen-bond acceptors (Lipinski definition) is 4. The van der Waals surface area contributed by atoms with Gasteiger partial charge in [-0.15, -0.1) is 0 Å². The molecule has 6 nitrogen and oxygen atoms in total. The van der Waals surface area contributed by atoms with Crippen LogP contribution in [0.15, 0.2) is 23.3 Å². The standard InChI is InChI=1S/C13H17FN4O2/c1-3-20-13(19)12(16-6-7-17-18-15)10-8-9(2)4-5-11(10)14/h4-5,8,12,16H,3,6-7H2,1-2H3. The van der Waals surface area contributed by atoms with Crippen LogP contribution in [-0.2, 0) is 9.53 Å². The summed E-state index contributed by atoms with van der Waals surface area (Å²) in [6, 6.07) is 3.62.